The molecule has 16 rings (SSSR count). The maximum Gasteiger partial charge on any atom is 0.179 e. The highest BCUT2D eigenvalue weighted by atomic mass is 28.3. The van der Waals surface area contributed by atoms with E-state index in [2.05, 4.69) is 361 Å². The molecule has 0 aliphatic rings. The molecule has 2 aromatic heterocycles. The molecule has 0 radical (unpaired) electrons. The van der Waals surface area contributed by atoms with Gasteiger partial charge in [-0.15, -0.1) is 0 Å². The van der Waals surface area contributed by atoms with Crippen LogP contribution in [-0.4, -0.2) is 17.2 Å². The minimum absolute atomic E-state index is 1.11. The molecule has 0 atom stereocenters. The highest BCUT2D eigenvalue weighted by Gasteiger charge is 2.43. The van der Waals surface area contributed by atoms with E-state index in [4.69, 9.17) is 0 Å². The average molecular weight is 1120 g/mol. The molecular formula is C84H58N2Si. The van der Waals surface area contributed by atoms with E-state index in [1.165, 1.54) is 97.8 Å². The van der Waals surface area contributed by atoms with E-state index in [1.54, 1.807) is 0 Å². The third-order valence-corrected chi connectivity index (χ3v) is 22.6. The normalized spacial score (nSPS) is 11.7. The van der Waals surface area contributed by atoms with Crippen LogP contribution in [0, 0.1) is 0 Å². The Hall–Kier alpha value is -11.1. The average Bonchev–Trinajstić information content (AvgIpc) is 1.94. The zero-order valence-corrected chi connectivity index (χ0v) is 48.9. The first kappa shape index (κ1) is 51.5. The van der Waals surface area contributed by atoms with Crippen molar-refractivity contribution < 1.29 is 0 Å². The second-order valence-electron chi connectivity index (χ2n) is 22.7. The molecule has 0 unspecified atom stereocenters. The molecule has 0 spiro atoms. The third kappa shape index (κ3) is 8.78. The molecule has 0 aliphatic heterocycles. The monoisotopic (exact) mass is 1120 g/mol. The highest BCUT2D eigenvalue weighted by Crippen LogP contribution is 2.45. The largest absolute Gasteiger partial charge is 0.309 e. The molecule has 3 heteroatoms. The van der Waals surface area contributed by atoms with E-state index >= 15 is 0 Å². The molecule has 87 heavy (non-hydrogen) atoms. The summed E-state index contributed by atoms with van der Waals surface area (Å²) in [5, 5.41) is 10.1. The van der Waals surface area contributed by atoms with Gasteiger partial charge in [-0.2, -0.15) is 0 Å². The van der Waals surface area contributed by atoms with E-state index in [9.17, 15) is 0 Å². The minimum Gasteiger partial charge on any atom is -0.309 e. The lowest BCUT2D eigenvalue weighted by atomic mass is 9.93. The van der Waals surface area contributed by atoms with Crippen LogP contribution < -0.4 is 20.7 Å². The van der Waals surface area contributed by atoms with Crippen molar-refractivity contribution in [2.24, 2.45) is 0 Å². The van der Waals surface area contributed by atoms with Crippen LogP contribution in [0.3, 0.4) is 0 Å². The predicted molar refractivity (Wildman–Crippen MR) is 371 cm³/mol. The smallest absolute Gasteiger partial charge is 0.179 e. The van der Waals surface area contributed by atoms with Crippen molar-refractivity contribution in [3.63, 3.8) is 0 Å². The number of hydrogen-bond acceptors (Lipinski definition) is 0. The van der Waals surface area contributed by atoms with Crippen molar-refractivity contribution in [3.05, 3.63) is 352 Å². The zero-order valence-electron chi connectivity index (χ0n) is 47.9. The Bertz CT molecular complexity index is 5040. The predicted octanol–water partition coefficient (Wildman–Crippen LogP) is 19.3. The van der Waals surface area contributed by atoms with Gasteiger partial charge in [-0.05, 0) is 101 Å². The van der Waals surface area contributed by atoms with Crippen LogP contribution in [-0.2, 0) is 0 Å². The summed E-state index contributed by atoms with van der Waals surface area (Å²) in [5.41, 5.74) is 21.1. The van der Waals surface area contributed by atoms with E-state index < -0.39 is 8.07 Å². The standard InChI is InChI=1S/C84H58N2Si/c1-7-28-59(29-8-1)64-38-25-42-68(54-64)87(67-40-17-6-18-41-67,69-43-26-39-65(55-69)60-30-9-2-10-31-60)70-57-77(62-34-13-4-14-35-62)84(78(58-70)63-36-15-5-16-37-63)86-81-51-24-22-47-74(81)79-56-66(52-53-82(79)86)85-80-50-23-21-46-73(80)76-49-27-48-75(83(76)85)72-45-20-19-44-71(72)61-32-11-3-12-33-61/h1-58H. The molecule has 0 bridgehead atoms. The summed E-state index contributed by atoms with van der Waals surface area (Å²) >= 11 is 0. The van der Waals surface area contributed by atoms with E-state index in [1.807, 2.05) is 0 Å². The fraction of sp³-hybridized carbons (Fsp3) is 0. The van der Waals surface area contributed by atoms with Crippen LogP contribution in [0.15, 0.2) is 352 Å². The Balaban J connectivity index is 1.00. The van der Waals surface area contributed by atoms with Gasteiger partial charge in [-0.3, -0.25) is 0 Å². The summed E-state index contributed by atoms with van der Waals surface area (Å²) in [7, 11) is -3.32. The maximum absolute atomic E-state index is 3.32. The number of nitrogens with zero attached hydrogens (tertiary/aromatic N) is 2. The summed E-state index contributed by atoms with van der Waals surface area (Å²) in [6.07, 6.45) is 0. The molecule has 0 N–H and O–H groups in total. The highest BCUT2D eigenvalue weighted by molar-refractivity contribution is 7.20. The molecule has 408 valence electrons. The van der Waals surface area contributed by atoms with Crippen LogP contribution in [0.5, 0.6) is 0 Å². The van der Waals surface area contributed by atoms with Crippen molar-refractivity contribution in [1.29, 1.82) is 0 Å². The Labute approximate surface area is 508 Å². The lowest BCUT2D eigenvalue weighted by molar-refractivity contribution is 1.17. The lowest BCUT2D eigenvalue weighted by Gasteiger charge is -2.36. The van der Waals surface area contributed by atoms with Crippen LogP contribution >= 0.6 is 0 Å². The molecule has 14 aromatic carbocycles. The molecule has 0 aliphatic carbocycles. The molecule has 0 amide bonds. The van der Waals surface area contributed by atoms with Gasteiger partial charge in [0.1, 0.15) is 0 Å². The second-order valence-corrected chi connectivity index (χ2v) is 26.5. The fourth-order valence-corrected chi connectivity index (χ4v) is 18.9. The molecule has 2 heterocycles. The number of para-hydroxylation sites is 3. The molecular weight excluding hydrogens is 1070 g/mol. The van der Waals surface area contributed by atoms with Gasteiger partial charge < -0.3 is 9.13 Å². The quantitative estimate of drug-likeness (QED) is 0.0852. The van der Waals surface area contributed by atoms with Crippen LogP contribution in [0.25, 0.3) is 122 Å². The Morgan fingerprint density at radius 3 is 1.13 bits per heavy atom. The van der Waals surface area contributed by atoms with Gasteiger partial charge in [0.25, 0.3) is 0 Å². The van der Waals surface area contributed by atoms with Crippen LogP contribution in [0.1, 0.15) is 0 Å². The number of hydrogen-bond donors (Lipinski definition) is 0. The summed E-state index contributed by atoms with van der Waals surface area (Å²) < 4.78 is 5.09. The van der Waals surface area contributed by atoms with E-state index in [0.29, 0.717) is 0 Å². The van der Waals surface area contributed by atoms with Gasteiger partial charge in [0, 0.05) is 43.9 Å². The summed E-state index contributed by atoms with van der Waals surface area (Å²) in [6.45, 7) is 0. The first-order chi connectivity index (χ1) is 43.2. The Kier molecular flexibility index (Phi) is 12.9. The van der Waals surface area contributed by atoms with Gasteiger partial charge in [0.2, 0.25) is 0 Å². The fourth-order valence-electron chi connectivity index (χ4n) is 14.0. The maximum atomic E-state index is 2.59. The zero-order chi connectivity index (χ0) is 57.7. The van der Waals surface area contributed by atoms with Gasteiger partial charge in [0.05, 0.1) is 27.8 Å². The summed E-state index contributed by atoms with van der Waals surface area (Å²) in [4.78, 5) is 0. The SMILES string of the molecule is c1ccc(-c2cccc([Si](c3ccccc3)(c3cccc(-c4ccccc4)c3)c3cc(-c4ccccc4)c(-n4c5ccccc5c5cc(-n6c7ccccc7c7cccc(-c8ccccc8-c8ccccc8)c76)ccc54)c(-c4ccccc4)c3)c2)cc1. The first-order valence-corrected chi connectivity index (χ1v) is 32.1. The van der Waals surface area contributed by atoms with E-state index in [0.717, 1.165) is 44.7 Å². The van der Waals surface area contributed by atoms with Crippen molar-refractivity contribution in [3.8, 4) is 78.1 Å². The van der Waals surface area contributed by atoms with Crippen molar-refractivity contribution >= 4 is 72.4 Å². The molecule has 0 saturated heterocycles. The molecule has 0 saturated carbocycles. The van der Waals surface area contributed by atoms with Crippen molar-refractivity contribution in [2.45, 2.75) is 0 Å². The minimum atomic E-state index is -3.32. The van der Waals surface area contributed by atoms with E-state index in [-0.39, 0.29) is 0 Å². The Morgan fingerprint density at radius 2 is 0.575 bits per heavy atom. The van der Waals surface area contributed by atoms with Gasteiger partial charge in [0.15, 0.2) is 8.07 Å². The lowest BCUT2D eigenvalue weighted by Crippen LogP contribution is -2.74. The molecule has 0 fully saturated rings. The first-order valence-electron chi connectivity index (χ1n) is 30.1. The van der Waals surface area contributed by atoms with Crippen LogP contribution in [0.2, 0.25) is 0 Å². The van der Waals surface area contributed by atoms with Crippen molar-refractivity contribution in [2.75, 3.05) is 0 Å². The second kappa shape index (κ2) is 21.8. The topological polar surface area (TPSA) is 9.86 Å². The number of rotatable bonds is 12. The van der Waals surface area contributed by atoms with Crippen LogP contribution in [0.4, 0.5) is 0 Å². The van der Waals surface area contributed by atoms with Gasteiger partial charge in [-0.25, -0.2) is 0 Å². The number of aromatic nitrogens is 2. The number of benzene rings is 14. The third-order valence-electron chi connectivity index (χ3n) is 17.9. The van der Waals surface area contributed by atoms with Gasteiger partial charge in [-0.1, -0.05) is 322 Å². The van der Waals surface area contributed by atoms with Crippen molar-refractivity contribution in [1.82, 2.24) is 9.13 Å². The molecule has 16 aromatic rings. The van der Waals surface area contributed by atoms with Gasteiger partial charge >= 0.3 is 0 Å². The molecule has 2 nitrogen and oxygen atoms in total. The Morgan fingerprint density at radius 1 is 0.195 bits per heavy atom. The summed E-state index contributed by atoms with van der Waals surface area (Å²) in [6, 6.07) is 131. The number of fused-ring (bicyclic) bond motifs is 6. The summed E-state index contributed by atoms with van der Waals surface area (Å²) in [5.74, 6) is 0.